The van der Waals surface area contributed by atoms with E-state index in [0.29, 0.717) is 23.1 Å². The Morgan fingerprint density at radius 1 is 0.974 bits per heavy atom. The lowest BCUT2D eigenvalue weighted by molar-refractivity contribution is -0.122. The average Bonchev–Trinajstić information content (AvgIpc) is 2.89. The van der Waals surface area contributed by atoms with Gasteiger partial charge in [0.15, 0.2) is 6.61 Å². The van der Waals surface area contributed by atoms with Crippen molar-refractivity contribution in [2.75, 3.05) is 23.4 Å². The number of halogens is 1. The van der Waals surface area contributed by atoms with Crippen molar-refractivity contribution >= 4 is 52.8 Å². The zero-order valence-electron chi connectivity index (χ0n) is 21.5. The van der Waals surface area contributed by atoms with E-state index < -0.39 is 23.8 Å². The fraction of sp³-hybridized carbons (Fsp3) is 0.172. The highest BCUT2D eigenvalue weighted by Crippen LogP contribution is 2.29. The molecule has 0 radical (unpaired) electrons. The van der Waals surface area contributed by atoms with Crippen LogP contribution in [0.15, 0.2) is 66.2 Å². The Kier molecular flexibility index (Phi) is 8.31. The standard InChI is InChI=1S/C29H26ClN3O6/c1-4-38-23-10-8-22(9-11-23)33-28(36)24(27(35)32-29(33)37)15-19-14-20(30)6-12-25(19)39-16-26(34)31-21-7-5-17(2)18(3)13-21/h5-15H,4,16H2,1-3H3,(H,31,34)(H,32,35,37)/b24-15+. The van der Waals surface area contributed by atoms with E-state index in [2.05, 4.69) is 10.6 Å². The first-order valence-corrected chi connectivity index (χ1v) is 12.5. The Morgan fingerprint density at radius 2 is 1.72 bits per heavy atom. The highest BCUT2D eigenvalue weighted by Gasteiger charge is 2.37. The van der Waals surface area contributed by atoms with Gasteiger partial charge in [-0.2, -0.15) is 0 Å². The molecule has 0 bridgehead atoms. The van der Waals surface area contributed by atoms with Crippen LogP contribution in [-0.2, 0) is 14.4 Å². The van der Waals surface area contributed by atoms with Crippen molar-refractivity contribution in [2.24, 2.45) is 0 Å². The van der Waals surface area contributed by atoms with E-state index in [4.69, 9.17) is 21.1 Å². The van der Waals surface area contributed by atoms with Gasteiger partial charge in [-0.3, -0.25) is 19.7 Å². The first-order chi connectivity index (χ1) is 18.7. The molecule has 10 heteroatoms. The number of ether oxygens (including phenoxy) is 2. The number of hydrogen-bond acceptors (Lipinski definition) is 6. The van der Waals surface area contributed by atoms with Crippen molar-refractivity contribution in [3.8, 4) is 11.5 Å². The summed E-state index contributed by atoms with van der Waals surface area (Å²) in [4.78, 5) is 51.8. The number of rotatable bonds is 8. The number of amides is 5. The molecule has 0 unspecified atom stereocenters. The summed E-state index contributed by atoms with van der Waals surface area (Å²) in [7, 11) is 0. The maximum absolute atomic E-state index is 13.3. The fourth-order valence-electron chi connectivity index (χ4n) is 3.83. The van der Waals surface area contributed by atoms with Crippen molar-refractivity contribution in [3.63, 3.8) is 0 Å². The number of urea groups is 1. The van der Waals surface area contributed by atoms with Crippen molar-refractivity contribution in [1.82, 2.24) is 5.32 Å². The molecule has 3 aromatic rings. The lowest BCUT2D eigenvalue weighted by Crippen LogP contribution is -2.54. The smallest absolute Gasteiger partial charge is 0.335 e. The van der Waals surface area contributed by atoms with Gasteiger partial charge in [-0.1, -0.05) is 17.7 Å². The second kappa shape index (κ2) is 11.8. The third-order valence-electron chi connectivity index (χ3n) is 5.93. The quantitative estimate of drug-likeness (QED) is 0.302. The van der Waals surface area contributed by atoms with Gasteiger partial charge in [0.2, 0.25) is 0 Å². The Bertz CT molecular complexity index is 1480. The van der Waals surface area contributed by atoms with E-state index in [-0.39, 0.29) is 29.2 Å². The summed E-state index contributed by atoms with van der Waals surface area (Å²) in [5.41, 5.74) is 3.00. The van der Waals surface area contributed by atoms with Crippen LogP contribution in [0.25, 0.3) is 6.08 Å². The molecule has 5 amide bonds. The number of nitrogens with one attached hydrogen (secondary N) is 2. The second-order valence-electron chi connectivity index (χ2n) is 8.70. The summed E-state index contributed by atoms with van der Waals surface area (Å²) in [5, 5.41) is 5.27. The highest BCUT2D eigenvalue weighted by molar-refractivity contribution is 6.39. The molecule has 1 aliphatic rings. The maximum Gasteiger partial charge on any atom is 0.335 e. The molecule has 1 saturated heterocycles. The summed E-state index contributed by atoms with van der Waals surface area (Å²) < 4.78 is 11.1. The summed E-state index contributed by atoms with van der Waals surface area (Å²) in [5.74, 6) is -1.31. The Labute approximate surface area is 230 Å². The molecule has 3 aromatic carbocycles. The molecule has 4 rings (SSSR count). The van der Waals surface area contributed by atoms with Crippen LogP contribution in [0.1, 0.15) is 23.6 Å². The summed E-state index contributed by atoms with van der Waals surface area (Å²) >= 11 is 6.17. The number of carbonyl (C=O) groups excluding carboxylic acids is 4. The summed E-state index contributed by atoms with van der Waals surface area (Å²) in [6.07, 6.45) is 1.27. The van der Waals surface area contributed by atoms with Crippen molar-refractivity contribution in [2.45, 2.75) is 20.8 Å². The fourth-order valence-corrected chi connectivity index (χ4v) is 4.01. The number of nitrogens with zero attached hydrogens (tertiary/aromatic N) is 1. The molecule has 0 atom stereocenters. The number of anilines is 2. The molecule has 200 valence electrons. The predicted molar refractivity (Wildman–Crippen MR) is 148 cm³/mol. The molecule has 1 heterocycles. The molecule has 0 saturated carbocycles. The van der Waals surface area contributed by atoms with E-state index in [1.807, 2.05) is 32.9 Å². The average molecular weight is 548 g/mol. The van der Waals surface area contributed by atoms with Crippen LogP contribution in [0, 0.1) is 13.8 Å². The van der Waals surface area contributed by atoms with Gasteiger partial charge in [0.25, 0.3) is 17.7 Å². The number of benzene rings is 3. The number of carbonyl (C=O) groups is 4. The number of hydrogen-bond donors (Lipinski definition) is 2. The first-order valence-electron chi connectivity index (χ1n) is 12.1. The van der Waals surface area contributed by atoms with Crippen molar-refractivity contribution in [1.29, 1.82) is 0 Å². The third-order valence-corrected chi connectivity index (χ3v) is 6.16. The van der Waals surface area contributed by atoms with Gasteiger partial charge < -0.3 is 14.8 Å². The van der Waals surface area contributed by atoms with E-state index in [1.54, 1.807) is 24.3 Å². The van der Waals surface area contributed by atoms with Crippen LogP contribution in [0.2, 0.25) is 5.02 Å². The van der Waals surface area contributed by atoms with E-state index in [1.165, 1.54) is 30.3 Å². The zero-order valence-corrected chi connectivity index (χ0v) is 22.3. The lowest BCUT2D eigenvalue weighted by Gasteiger charge is -2.26. The van der Waals surface area contributed by atoms with E-state index in [9.17, 15) is 19.2 Å². The molecule has 9 nitrogen and oxygen atoms in total. The van der Waals surface area contributed by atoms with Gasteiger partial charge >= 0.3 is 6.03 Å². The highest BCUT2D eigenvalue weighted by atomic mass is 35.5. The van der Waals surface area contributed by atoms with Gasteiger partial charge in [-0.15, -0.1) is 0 Å². The molecule has 39 heavy (non-hydrogen) atoms. The van der Waals surface area contributed by atoms with Gasteiger partial charge in [-0.05, 0) is 92.6 Å². The van der Waals surface area contributed by atoms with E-state index >= 15 is 0 Å². The minimum absolute atomic E-state index is 0.215. The monoisotopic (exact) mass is 547 g/mol. The normalized spacial score (nSPS) is 14.3. The largest absolute Gasteiger partial charge is 0.494 e. The minimum Gasteiger partial charge on any atom is -0.494 e. The third kappa shape index (κ3) is 6.45. The number of barbiturate groups is 1. The predicted octanol–water partition coefficient (Wildman–Crippen LogP) is 5.04. The van der Waals surface area contributed by atoms with Crippen molar-refractivity contribution in [3.05, 3.63) is 87.9 Å². The summed E-state index contributed by atoms with van der Waals surface area (Å²) in [6, 6.07) is 15.6. The van der Waals surface area contributed by atoms with Crippen LogP contribution < -0.4 is 25.0 Å². The van der Waals surface area contributed by atoms with Crippen LogP contribution in [0.4, 0.5) is 16.2 Å². The van der Waals surface area contributed by atoms with Crippen LogP contribution in [0.3, 0.4) is 0 Å². The molecule has 2 N–H and O–H groups in total. The molecule has 0 aliphatic carbocycles. The molecule has 1 fully saturated rings. The number of imide groups is 2. The first kappa shape index (κ1) is 27.4. The second-order valence-corrected chi connectivity index (χ2v) is 9.14. The lowest BCUT2D eigenvalue weighted by atomic mass is 10.1. The summed E-state index contributed by atoms with van der Waals surface area (Å²) in [6.45, 7) is 5.89. The molecular formula is C29H26ClN3O6. The van der Waals surface area contributed by atoms with Gasteiger partial charge in [0, 0.05) is 16.3 Å². The van der Waals surface area contributed by atoms with Crippen molar-refractivity contribution < 1.29 is 28.7 Å². The van der Waals surface area contributed by atoms with E-state index in [0.717, 1.165) is 16.0 Å². The van der Waals surface area contributed by atoms with Crippen LogP contribution >= 0.6 is 11.6 Å². The Balaban J connectivity index is 1.56. The van der Waals surface area contributed by atoms with Crippen LogP contribution in [-0.4, -0.2) is 37.0 Å². The molecular weight excluding hydrogens is 522 g/mol. The van der Waals surface area contributed by atoms with Gasteiger partial charge in [-0.25, -0.2) is 9.69 Å². The Morgan fingerprint density at radius 3 is 2.41 bits per heavy atom. The minimum atomic E-state index is -0.878. The molecule has 0 spiro atoms. The zero-order chi connectivity index (χ0) is 28.1. The topological polar surface area (TPSA) is 114 Å². The number of aryl methyl sites for hydroxylation is 2. The maximum atomic E-state index is 13.3. The van der Waals surface area contributed by atoms with Crippen LogP contribution in [0.5, 0.6) is 11.5 Å². The van der Waals surface area contributed by atoms with Gasteiger partial charge in [0.05, 0.1) is 12.3 Å². The Hall–Kier alpha value is -4.63. The SMILES string of the molecule is CCOc1ccc(N2C(=O)NC(=O)/C(=C\c3cc(Cl)ccc3OCC(=O)Nc3ccc(C)c(C)c3)C2=O)cc1. The molecule has 1 aliphatic heterocycles. The molecule has 0 aromatic heterocycles. The van der Waals surface area contributed by atoms with Gasteiger partial charge in [0.1, 0.15) is 17.1 Å².